The van der Waals surface area contributed by atoms with E-state index in [0.29, 0.717) is 30.4 Å². The van der Waals surface area contributed by atoms with Gasteiger partial charge in [0.2, 0.25) is 5.91 Å². The Morgan fingerprint density at radius 2 is 1.93 bits per heavy atom. The maximum atomic E-state index is 13.8. The molecule has 144 valence electrons. The predicted molar refractivity (Wildman–Crippen MR) is 101 cm³/mol. The molecule has 0 unspecified atom stereocenters. The standard InChI is InChI=1S/C19H16FN3O4S/c1-11(17(24)21-12-6-7-15-16(10-12)26-9-8-25-15)28-19-23-22-18(27-19)13-4-2-3-5-14(13)20/h2-7,10-11H,8-9H2,1H3,(H,21,24)/t11-/m0/s1. The third-order valence-electron chi connectivity index (χ3n) is 3.97. The Hall–Kier alpha value is -3.07. The van der Waals surface area contributed by atoms with Gasteiger partial charge < -0.3 is 19.2 Å². The molecule has 9 heteroatoms. The number of carbonyl (C=O) groups is 1. The molecule has 1 aliphatic rings. The Morgan fingerprint density at radius 3 is 2.75 bits per heavy atom. The lowest BCUT2D eigenvalue weighted by molar-refractivity contribution is -0.115. The molecule has 1 aromatic heterocycles. The summed E-state index contributed by atoms with van der Waals surface area (Å²) in [6.45, 7) is 2.69. The molecule has 1 atom stereocenters. The van der Waals surface area contributed by atoms with E-state index >= 15 is 0 Å². The van der Waals surface area contributed by atoms with Gasteiger partial charge in [0, 0.05) is 11.8 Å². The molecule has 7 nitrogen and oxygen atoms in total. The number of fused-ring (bicyclic) bond motifs is 1. The summed E-state index contributed by atoms with van der Waals surface area (Å²) < 4.78 is 30.3. The summed E-state index contributed by atoms with van der Waals surface area (Å²) >= 11 is 1.09. The first kappa shape index (κ1) is 18.3. The molecule has 1 N–H and O–H groups in total. The molecule has 0 saturated carbocycles. The number of hydrogen-bond donors (Lipinski definition) is 1. The van der Waals surface area contributed by atoms with Crippen molar-refractivity contribution in [3.05, 3.63) is 48.3 Å². The van der Waals surface area contributed by atoms with E-state index in [0.717, 1.165) is 11.8 Å². The molecule has 3 aromatic rings. The summed E-state index contributed by atoms with van der Waals surface area (Å²) in [5, 5.41) is 10.2. The van der Waals surface area contributed by atoms with Crippen LogP contribution in [0.4, 0.5) is 10.1 Å². The van der Waals surface area contributed by atoms with Crippen LogP contribution in [0.3, 0.4) is 0 Å². The van der Waals surface area contributed by atoms with Gasteiger partial charge in [0.15, 0.2) is 11.5 Å². The van der Waals surface area contributed by atoms with Gasteiger partial charge in [-0.05, 0) is 31.2 Å². The van der Waals surface area contributed by atoms with E-state index in [2.05, 4.69) is 15.5 Å². The SMILES string of the molecule is C[C@H](Sc1nnc(-c2ccccc2F)o1)C(=O)Nc1ccc2c(c1)OCCO2. The zero-order valence-corrected chi connectivity index (χ0v) is 15.7. The van der Waals surface area contributed by atoms with Crippen molar-refractivity contribution in [3.63, 3.8) is 0 Å². The van der Waals surface area contributed by atoms with Gasteiger partial charge in [0.25, 0.3) is 11.1 Å². The lowest BCUT2D eigenvalue weighted by Crippen LogP contribution is -2.22. The second-order valence-electron chi connectivity index (χ2n) is 5.96. The van der Waals surface area contributed by atoms with Crippen LogP contribution in [0.25, 0.3) is 11.5 Å². The molecule has 1 aliphatic heterocycles. The summed E-state index contributed by atoms with van der Waals surface area (Å²) in [4.78, 5) is 12.5. The molecule has 1 amide bonds. The van der Waals surface area contributed by atoms with Crippen LogP contribution in [-0.2, 0) is 4.79 Å². The number of anilines is 1. The third-order valence-corrected chi connectivity index (χ3v) is 4.90. The molecule has 4 rings (SSSR count). The van der Waals surface area contributed by atoms with E-state index in [-0.39, 0.29) is 22.6 Å². The van der Waals surface area contributed by atoms with Gasteiger partial charge in [-0.3, -0.25) is 4.79 Å². The molecule has 0 aliphatic carbocycles. The monoisotopic (exact) mass is 401 g/mol. The number of rotatable bonds is 5. The second kappa shape index (κ2) is 7.89. The fourth-order valence-electron chi connectivity index (χ4n) is 2.57. The quantitative estimate of drug-likeness (QED) is 0.651. The van der Waals surface area contributed by atoms with Gasteiger partial charge >= 0.3 is 0 Å². The number of ether oxygens (including phenoxy) is 2. The highest BCUT2D eigenvalue weighted by Gasteiger charge is 2.21. The average Bonchev–Trinajstić information content (AvgIpc) is 3.16. The van der Waals surface area contributed by atoms with Crippen molar-refractivity contribution in [1.29, 1.82) is 0 Å². The summed E-state index contributed by atoms with van der Waals surface area (Å²) in [6.07, 6.45) is 0. The first-order valence-electron chi connectivity index (χ1n) is 8.56. The van der Waals surface area contributed by atoms with Gasteiger partial charge in [-0.25, -0.2) is 4.39 Å². The number of nitrogens with one attached hydrogen (secondary N) is 1. The summed E-state index contributed by atoms with van der Waals surface area (Å²) in [6, 6.07) is 11.3. The van der Waals surface area contributed by atoms with Crippen LogP contribution in [0.5, 0.6) is 11.5 Å². The zero-order chi connectivity index (χ0) is 19.5. The highest BCUT2D eigenvalue weighted by molar-refractivity contribution is 8.00. The minimum atomic E-state index is -0.512. The van der Waals surface area contributed by atoms with E-state index in [1.807, 2.05) is 0 Å². The first-order valence-corrected chi connectivity index (χ1v) is 9.44. The molecule has 0 saturated heterocycles. The Morgan fingerprint density at radius 1 is 1.14 bits per heavy atom. The van der Waals surface area contributed by atoms with Crippen molar-refractivity contribution in [2.75, 3.05) is 18.5 Å². The topological polar surface area (TPSA) is 86.5 Å². The number of benzene rings is 2. The smallest absolute Gasteiger partial charge is 0.277 e. The van der Waals surface area contributed by atoms with Crippen molar-refractivity contribution < 1.29 is 23.1 Å². The van der Waals surface area contributed by atoms with Gasteiger partial charge in [-0.1, -0.05) is 23.9 Å². The molecule has 2 heterocycles. The molecular weight excluding hydrogens is 385 g/mol. The van der Waals surface area contributed by atoms with Gasteiger partial charge in [-0.2, -0.15) is 0 Å². The van der Waals surface area contributed by atoms with Crippen LogP contribution in [0.1, 0.15) is 6.92 Å². The molecule has 0 bridgehead atoms. The maximum absolute atomic E-state index is 13.8. The number of hydrogen-bond acceptors (Lipinski definition) is 7. The van der Waals surface area contributed by atoms with Crippen LogP contribution >= 0.6 is 11.8 Å². The third kappa shape index (κ3) is 3.94. The summed E-state index contributed by atoms with van der Waals surface area (Å²) in [5.41, 5.74) is 0.814. The number of aromatic nitrogens is 2. The largest absolute Gasteiger partial charge is 0.486 e. The van der Waals surface area contributed by atoms with E-state index in [4.69, 9.17) is 13.9 Å². The number of nitrogens with zero attached hydrogens (tertiary/aromatic N) is 2. The summed E-state index contributed by atoms with van der Waals surface area (Å²) in [7, 11) is 0. The van der Waals surface area contributed by atoms with Crippen LogP contribution in [0.15, 0.2) is 52.1 Å². The highest BCUT2D eigenvalue weighted by atomic mass is 32.2. The number of thioether (sulfide) groups is 1. The van der Waals surface area contributed by atoms with Gasteiger partial charge in [-0.15, -0.1) is 10.2 Å². The molecule has 0 spiro atoms. The normalized spacial score (nSPS) is 13.8. The molecule has 2 aromatic carbocycles. The fraction of sp³-hybridized carbons (Fsp3) is 0.211. The van der Waals surface area contributed by atoms with Crippen molar-refractivity contribution in [2.45, 2.75) is 17.4 Å². The van der Waals surface area contributed by atoms with E-state index in [1.54, 1.807) is 43.3 Å². The molecule has 28 heavy (non-hydrogen) atoms. The summed E-state index contributed by atoms with van der Waals surface area (Å²) in [5.74, 6) is 0.619. The van der Waals surface area contributed by atoms with Crippen LogP contribution in [-0.4, -0.2) is 34.6 Å². The predicted octanol–water partition coefficient (Wildman–Crippen LogP) is 3.77. The van der Waals surface area contributed by atoms with E-state index < -0.39 is 11.1 Å². The van der Waals surface area contributed by atoms with E-state index in [1.165, 1.54) is 6.07 Å². The molecular formula is C19H16FN3O4S. The second-order valence-corrected chi connectivity index (χ2v) is 7.25. The number of amides is 1. The molecule has 0 radical (unpaired) electrons. The van der Waals surface area contributed by atoms with E-state index in [9.17, 15) is 9.18 Å². The van der Waals surface area contributed by atoms with Crippen LogP contribution in [0.2, 0.25) is 0 Å². The van der Waals surface area contributed by atoms with Gasteiger partial charge in [0.05, 0.1) is 10.8 Å². The number of carbonyl (C=O) groups excluding carboxylic acids is 1. The lowest BCUT2D eigenvalue weighted by atomic mass is 10.2. The fourth-order valence-corrected chi connectivity index (χ4v) is 3.25. The molecule has 0 fully saturated rings. The van der Waals surface area contributed by atoms with Crippen molar-refractivity contribution >= 4 is 23.4 Å². The lowest BCUT2D eigenvalue weighted by Gasteiger charge is -2.19. The Kier molecular flexibility index (Phi) is 5.16. The zero-order valence-electron chi connectivity index (χ0n) is 14.8. The Bertz CT molecular complexity index is 1010. The van der Waals surface area contributed by atoms with Crippen LogP contribution < -0.4 is 14.8 Å². The Labute approximate surface area is 164 Å². The Balaban J connectivity index is 1.40. The maximum Gasteiger partial charge on any atom is 0.277 e. The van der Waals surface area contributed by atoms with Crippen molar-refractivity contribution in [3.8, 4) is 23.0 Å². The van der Waals surface area contributed by atoms with Gasteiger partial charge in [0.1, 0.15) is 19.0 Å². The average molecular weight is 401 g/mol. The number of halogens is 1. The minimum absolute atomic E-state index is 0.0695. The first-order chi connectivity index (χ1) is 13.6. The van der Waals surface area contributed by atoms with Crippen molar-refractivity contribution in [1.82, 2.24) is 10.2 Å². The van der Waals surface area contributed by atoms with Crippen molar-refractivity contribution in [2.24, 2.45) is 0 Å². The van der Waals surface area contributed by atoms with Crippen LogP contribution in [0, 0.1) is 5.82 Å². The highest BCUT2D eigenvalue weighted by Crippen LogP contribution is 2.33. The minimum Gasteiger partial charge on any atom is -0.486 e.